The lowest BCUT2D eigenvalue weighted by Crippen LogP contribution is -2.42. The molecule has 0 saturated heterocycles. The molecule has 0 atom stereocenters. The van der Waals surface area contributed by atoms with Crippen molar-refractivity contribution < 1.29 is 18.8 Å². The molecule has 2 heterocycles. The molecule has 7 heteroatoms. The summed E-state index contributed by atoms with van der Waals surface area (Å²) in [7, 11) is 0. The van der Waals surface area contributed by atoms with Crippen molar-refractivity contribution in [1.82, 2.24) is 9.88 Å². The number of amides is 3. The molecule has 5 rings (SSSR count). The third-order valence-electron chi connectivity index (χ3n) is 5.89. The van der Waals surface area contributed by atoms with Gasteiger partial charge in [0.25, 0.3) is 17.7 Å². The quantitative estimate of drug-likeness (QED) is 0.397. The number of carbonyl (C=O) groups excluding carboxylic acids is 3. The van der Waals surface area contributed by atoms with Gasteiger partial charge in [-0.15, -0.1) is 0 Å². The van der Waals surface area contributed by atoms with E-state index in [1.54, 1.807) is 48.7 Å². The Morgan fingerprint density at radius 3 is 2.26 bits per heavy atom. The average Bonchev–Trinajstić information content (AvgIpc) is 2.87. The molecule has 0 fully saturated rings. The van der Waals surface area contributed by atoms with E-state index >= 15 is 0 Å². The minimum atomic E-state index is -0.465. The molecule has 1 aromatic heterocycles. The van der Waals surface area contributed by atoms with E-state index in [1.807, 2.05) is 12.1 Å². The van der Waals surface area contributed by atoms with E-state index in [0.29, 0.717) is 34.2 Å². The molecule has 34 heavy (non-hydrogen) atoms. The number of hydrogen-bond acceptors (Lipinski definition) is 4. The van der Waals surface area contributed by atoms with E-state index in [1.165, 1.54) is 34.2 Å². The van der Waals surface area contributed by atoms with Gasteiger partial charge in [-0.2, -0.15) is 0 Å². The van der Waals surface area contributed by atoms with Gasteiger partial charge in [-0.1, -0.05) is 30.3 Å². The Morgan fingerprint density at radius 1 is 0.912 bits per heavy atom. The highest BCUT2D eigenvalue weighted by Crippen LogP contribution is 2.30. The minimum absolute atomic E-state index is 0.120. The molecule has 3 aromatic carbocycles. The van der Waals surface area contributed by atoms with Crippen molar-refractivity contribution in [1.29, 1.82) is 0 Å². The first-order valence-corrected chi connectivity index (χ1v) is 10.9. The average molecular weight is 453 g/mol. The number of carbonyl (C=O) groups is 3. The first-order chi connectivity index (χ1) is 16.5. The zero-order valence-corrected chi connectivity index (χ0v) is 18.1. The summed E-state index contributed by atoms with van der Waals surface area (Å²) in [4.78, 5) is 46.1. The molecule has 0 radical (unpaired) electrons. The van der Waals surface area contributed by atoms with Crippen LogP contribution in [0, 0.1) is 5.82 Å². The molecule has 0 spiro atoms. The van der Waals surface area contributed by atoms with Crippen molar-refractivity contribution in [2.45, 2.75) is 6.42 Å². The van der Waals surface area contributed by atoms with Crippen molar-refractivity contribution >= 4 is 34.2 Å². The topological polar surface area (TPSA) is 70.6 Å². The van der Waals surface area contributed by atoms with Crippen molar-refractivity contribution in [3.05, 3.63) is 108 Å². The van der Waals surface area contributed by atoms with Crippen LogP contribution in [0.4, 0.5) is 10.1 Å². The van der Waals surface area contributed by atoms with E-state index in [4.69, 9.17) is 0 Å². The molecule has 4 aromatic rings. The van der Waals surface area contributed by atoms with Gasteiger partial charge in [0.15, 0.2) is 0 Å². The third kappa shape index (κ3) is 3.81. The van der Waals surface area contributed by atoms with Gasteiger partial charge in [-0.25, -0.2) is 4.39 Å². The molecule has 6 nitrogen and oxygen atoms in total. The maximum absolute atomic E-state index is 13.9. The van der Waals surface area contributed by atoms with E-state index in [0.717, 1.165) is 5.39 Å². The lowest BCUT2D eigenvalue weighted by atomic mass is 9.94. The second-order valence-electron chi connectivity index (χ2n) is 8.00. The molecule has 0 N–H and O–H groups in total. The fraction of sp³-hybridized carbons (Fsp3) is 0.111. The van der Waals surface area contributed by atoms with Crippen molar-refractivity contribution in [2.75, 3.05) is 18.0 Å². The van der Waals surface area contributed by atoms with Gasteiger partial charge in [-0.3, -0.25) is 24.3 Å². The van der Waals surface area contributed by atoms with Crippen LogP contribution in [0.1, 0.15) is 37.5 Å². The standard InChI is InChI=1S/C27H20FN3O3/c28-20-9-3-10-21(16-20)30(25(32)19-8-4-13-29-17-19)14-5-15-31-26(33)22-11-1-6-18-7-2-12-23(24(18)22)27(31)34/h1-4,6-13,16-17H,5,14-15H2. The molecule has 0 aliphatic carbocycles. The molecule has 168 valence electrons. The summed E-state index contributed by atoms with van der Waals surface area (Å²) in [5, 5.41) is 1.51. The van der Waals surface area contributed by atoms with Crippen molar-refractivity contribution in [2.24, 2.45) is 0 Å². The Kier molecular flexibility index (Phi) is 5.59. The lowest BCUT2D eigenvalue weighted by Gasteiger charge is -2.28. The third-order valence-corrected chi connectivity index (χ3v) is 5.89. The summed E-state index contributed by atoms with van der Waals surface area (Å²) in [5.41, 5.74) is 1.72. The smallest absolute Gasteiger partial charge is 0.261 e. The van der Waals surface area contributed by atoms with Crippen LogP contribution in [0.2, 0.25) is 0 Å². The molecule has 0 saturated carbocycles. The van der Waals surface area contributed by atoms with Crippen LogP contribution in [0.5, 0.6) is 0 Å². The normalized spacial score (nSPS) is 12.8. The van der Waals surface area contributed by atoms with Gasteiger partial charge < -0.3 is 4.90 Å². The summed E-state index contributed by atoms with van der Waals surface area (Å²) in [5.74, 6) is -1.52. The van der Waals surface area contributed by atoms with Crippen LogP contribution in [0.15, 0.2) is 85.2 Å². The monoisotopic (exact) mass is 453 g/mol. The lowest BCUT2D eigenvalue weighted by molar-refractivity contribution is 0.0610. The van der Waals surface area contributed by atoms with Gasteiger partial charge in [0, 0.05) is 47.7 Å². The molecule has 0 unspecified atom stereocenters. The predicted octanol–water partition coefficient (Wildman–Crippen LogP) is 4.71. The molecular formula is C27H20FN3O3. The fourth-order valence-corrected chi connectivity index (χ4v) is 4.31. The first-order valence-electron chi connectivity index (χ1n) is 10.9. The number of nitrogens with zero attached hydrogens (tertiary/aromatic N) is 3. The molecule has 3 amide bonds. The number of halogens is 1. The Balaban J connectivity index is 1.39. The number of imide groups is 1. The summed E-state index contributed by atoms with van der Waals surface area (Å²) >= 11 is 0. The van der Waals surface area contributed by atoms with E-state index in [2.05, 4.69) is 4.98 Å². The summed E-state index contributed by atoms with van der Waals surface area (Å²) < 4.78 is 13.9. The largest absolute Gasteiger partial charge is 0.308 e. The van der Waals surface area contributed by atoms with Crippen LogP contribution in [0.3, 0.4) is 0 Å². The number of aromatic nitrogens is 1. The van der Waals surface area contributed by atoms with Gasteiger partial charge in [-0.05, 0) is 54.3 Å². The summed E-state index contributed by atoms with van der Waals surface area (Å²) in [6, 6.07) is 19.8. The van der Waals surface area contributed by atoms with Crippen LogP contribution in [-0.2, 0) is 0 Å². The van der Waals surface area contributed by atoms with Crippen LogP contribution < -0.4 is 4.90 Å². The fourth-order valence-electron chi connectivity index (χ4n) is 4.31. The molecule has 1 aliphatic rings. The minimum Gasteiger partial charge on any atom is -0.308 e. The van der Waals surface area contributed by atoms with Crippen molar-refractivity contribution in [3.63, 3.8) is 0 Å². The number of pyridine rings is 1. The number of benzene rings is 3. The predicted molar refractivity (Wildman–Crippen MR) is 126 cm³/mol. The Morgan fingerprint density at radius 2 is 1.62 bits per heavy atom. The van der Waals surface area contributed by atoms with Gasteiger partial charge in [0.2, 0.25) is 0 Å². The Bertz CT molecular complexity index is 1370. The Hall–Kier alpha value is -4.39. The molecular weight excluding hydrogens is 433 g/mol. The highest BCUT2D eigenvalue weighted by Gasteiger charge is 2.32. The van der Waals surface area contributed by atoms with Gasteiger partial charge >= 0.3 is 0 Å². The van der Waals surface area contributed by atoms with Crippen molar-refractivity contribution in [3.8, 4) is 0 Å². The van der Waals surface area contributed by atoms with Gasteiger partial charge in [0.1, 0.15) is 5.82 Å². The highest BCUT2D eigenvalue weighted by molar-refractivity contribution is 6.25. The van der Waals surface area contributed by atoms with Gasteiger partial charge in [0.05, 0.1) is 5.56 Å². The number of rotatable bonds is 6. The maximum Gasteiger partial charge on any atom is 0.261 e. The van der Waals surface area contributed by atoms with Crippen LogP contribution in [-0.4, -0.2) is 40.7 Å². The highest BCUT2D eigenvalue weighted by atomic mass is 19.1. The second kappa shape index (κ2) is 8.86. The number of hydrogen-bond donors (Lipinski definition) is 0. The first kappa shape index (κ1) is 21.5. The summed E-state index contributed by atoms with van der Waals surface area (Å²) in [6.45, 7) is 0.300. The van der Waals surface area contributed by atoms with E-state index in [-0.39, 0.29) is 30.8 Å². The molecule has 1 aliphatic heterocycles. The zero-order valence-electron chi connectivity index (χ0n) is 18.1. The molecule has 0 bridgehead atoms. The SMILES string of the molecule is O=C1c2cccc3cccc(c23)C(=O)N1CCCN(C(=O)c1cccnc1)c1cccc(F)c1. The maximum atomic E-state index is 13.9. The van der Waals surface area contributed by atoms with E-state index < -0.39 is 5.82 Å². The number of anilines is 1. The Labute approximate surface area is 195 Å². The van der Waals surface area contributed by atoms with E-state index in [9.17, 15) is 18.8 Å². The van der Waals surface area contributed by atoms with Crippen LogP contribution in [0.25, 0.3) is 10.8 Å². The summed E-state index contributed by atoms with van der Waals surface area (Å²) in [6.07, 6.45) is 3.33. The second-order valence-corrected chi connectivity index (χ2v) is 8.00. The van der Waals surface area contributed by atoms with Crippen LogP contribution >= 0.6 is 0 Å². The zero-order chi connectivity index (χ0) is 23.7.